The third kappa shape index (κ3) is 6.98. The number of anilines is 6. The highest BCUT2D eigenvalue weighted by molar-refractivity contribution is 6.02. The van der Waals surface area contributed by atoms with E-state index in [-0.39, 0.29) is 18.0 Å². The maximum absolute atomic E-state index is 12.3. The van der Waals surface area contributed by atoms with Gasteiger partial charge in [0.2, 0.25) is 11.9 Å². The summed E-state index contributed by atoms with van der Waals surface area (Å²) in [6, 6.07) is 14.2. The Bertz CT molecular complexity index is 1490. The Labute approximate surface area is 247 Å². The number of nitrogens with zero attached hydrogens (tertiary/aromatic N) is 5. The normalized spacial score (nSPS) is 15.2. The summed E-state index contributed by atoms with van der Waals surface area (Å²) < 4.78 is 6.11. The lowest BCUT2D eigenvalue weighted by molar-refractivity contribution is -0.111. The van der Waals surface area contributed by atoms with Crippen molar-refractivity contribution < 1.29 is 9.53 Å². The Kier molecular flexibility index (Phi) is 8.88. The molecule has 1 aromatic heterocycles. The van der Waals surface area contributed by atoms with Crippen LogP contribution >= 0.6 is 0 Å². The van der Waals surface area contributed by atoms with Crippen molar-refractivity contribution >= 4 is 40.4 Å². The number of carbonyl (C=O) groups excluding carboxylic acids is 1. The van der Waals surface area contributed by atoms with Crippen molar-refractivity contribution in [3.8, 4) is 11.8 Å². The zero-order chi connectivity index (χ0) is 29.6. The first-order valence-electron chi connectivity index (χ1n) is 14.5. The molecule has 1 amide bonds. The van der Waals surface area contributed by atoms with E-state index in [2.05, 4.69) is 67.4 Å². The number of amides is 1. The molecule has 0 spiro atoms. The highest BCUT2D eigenvalue weighted by Gasteiger charge is 2.25. The summed E-state index contributed by atoms with van der Waals surface area (Å²) in [6.07, 6.45) is 5.09. The molecule has 2 fully saturated rings. The average Bonchev–Trinajstić information content (AvgIpc) is 3.85. The maximum atomic E-state index is 12.3. The van der Waals surface area contributed by atoms with Gasteiger partial charge in [0.25, 0.3) is 0 Å². The SMILES string of the molecule is C=CC(=O)Nc1cc(N2CCN(CC)CC2)ccc1Nc1ncc(C#N)c(Nc2ccc(C3CC3)cc2OC(C)C)n1. The number of piperazine rings is 1. The van der Waals surface area contributed by atoms with E-state index in [1.807, 2.05) is 38.1 Å². The summed E-state index contributed by atoms with van der Waals surface area (Å²) in [5.41, 5.74) is 4.50. The molecule has 0 bridgehead atoms. The van der Waals surface area contributed by atoms with Crippen LogP contribution in [0.2, 0.25) is 0 Å². The van der Waals surface area contributed by atoms with Crippen molar-refractivity contribution in [1.82, 2.24) is 14.9 Å². The molecule has 0 radical (unpaired) electrons. The molecule has 3 N–H and O–H groups in total. The monoisotopic (exact) mass is 566 g/mol. The summed E-state index contributed by atoms with van der Waals surface area (Å²) >= 11 is 0. The number of hydrogen-bond acceptors (Lipinski definition) is 9. The Balaban J connectivity index is 1.41. The van der Waals surface area contributed by atoms with Gasteiger partial charge in [-0.1, -0.05) is 19.6 Å². The Morgan fingerprint density at radius 1 is 1.12 bits per heavy atom. The minimum atomic E-state index is -0.318. The summed E-state index contributed by atoms with van der Waals surface area (Å²) in [5, 5.41) is 19.2. The molecular formula is C32H38N8O2. The molecule has 0 atom stereocenters. The fraction of sp³-hybridized carbons (Fsp3) is 0.375. The van der Waals surface area contributed by atoms with Gasteiger partial charge in [-0.05, 0) is 81.1 Å². The molecule has 1 aliphatic heterocycles. The number of carbonyl (C=O) groups is 1. The van der Waals surface area contributed by atoms with Crippen LogP contribution in [0.25, 0.3) is 0 Å². The number of nitriles is 1. The molecule has 218 valence electrons. The summed E-state index contributed by atoms with van der Waals surface area (Å²) in [5.74, 6) is 1.61. The van der Waals surface area contributed by atoms with Gasteiger partial charge in [-0.25, -0.2) is 4.98 Å². The number of likely N-dealkylation sites (N-methyl/N-ethyl adjacent to an activating group) is 1. The van der Waals surface area contributed by atoms with Crippen molar-refractivity contribution in [3.05, 3.63) is 66.4 Å². The lowest BCUT2D eigenvalue weighted by Gasteiger charge is -2.35. The van der Waals surface area contributed by atoms with Gasteiger partial charge in [0.05, 0.1) is 29.4 Å². The standard InChI is InChI=1S/C32H38N8O2/c1-5-30(41)35-28-18-25(40-15-13-39(6-2)14-16-40)10-12-26(28)37-32-34-20-24(19-33)31(38-32)36-27-11-9-23(22-7-8-22)17-29(27)42-21(3)4/h5,9-12,17-18,20-22H,1,6-8,13-16H2,2-4H3,(H,35,41)(H2,34,36,37,38). The Hall–Kier alpha value is -4.62. The van der Waals surface area contributed by atoms with Gasteiger partial charge < -0.3 is 30.5 Å². The molecule has 2 aliphatic rings. The van der Waals surface area contributed by atoms with Gasteiger partial charge in [-0.3, -0.25) is 4.79 Å². The van der Waals surface area contributed by atoms with Gasteiger partial charge >= 0.3 is 0 Å². The van der Waals surface area contributed by atoms with E-state index in [0.29, 0.717) is 28.7 Å². The highest BCUT2D eigenvalue weighted by atomic mass is 16.5. The number of hydrogen-bond donors (Lipinski definition) is 3. The average molecular weight is 567 g/mol. The number of benzene rings is 2. The first-order valence-corrected chi connectivity index (χ1v) is 14.5. The lowest BCUT2D eigenvalue weighted by Crippen LogP contribution is -2.46. The summed E-state index contributed by atoms with van der Waals surface area (Å²) in [6.45, 7) is 14.6. The molecule has 0 unspecified atom stereocenters. The van der Waals surface area contributed by atoms with Crippen LogP contribution in [-0.2, 0) is 4.79 Å². The molecule has 1 aliphatic carbocycles. The number of rotatable bonds is 11. The molecule has 2 heterocycles. The lowest BCUT2D eigenvalue weighted by atomic mass is 10.1. The van der Waals surface area contributed by atoms with Crippen molar-refractivity contribution in [2.45, 2.75) is 45.6 Å². The molecule has 42 heavy (non-hydrogen) atoms. The maximum Gasteiger partial charge on any atom is 0.247 e. The highest BCUT2D eigenvalue weighted by Crippen LogP contribution is 2.43. The number of nitrogens with one attached hydrogen (secondary N) is 3. The minimum Gasteiger partial charge on any atom is -0.489 e. The van der Waals surface area contributed by atoms with Gasteiger partial charge in [0.15, 0.2) is 5.82 Å². The second-order valence-electron chi connectivity index (χ2n) is 10.9. The van der Waals surface area contributed by atoms with Crippen LogP contribution < -0.4 is 25.6 Å². The van der Waals surface area contributed by atoms with Crippen LogP contribution in [0.1, 0.15) is 50.7 Å². The largest absolute Gasteiger partial charge is 0.489 e. The topological polar surface area (TPSA) is 118 Å². The van der Waals surface area contributed by atoms with E-state index >= 15 is 0 Å². The molecular weight excluding hydrogens is 528 g/mol. The van der Waals surface area contributed by atoms with Crippen LogP contribution in [0.5, 0.6) is 5.75 Å². The van der Waals surface area contributed by atoms with E-state index < -0.39 is 0 Å². The molecule has 2 aromatic carbocycles. The molecule has 1 saturated heterocycles. The fourth-order valence-corrected chi connectivity index (χ4v) is 4.98. The third-order valence-electron chi connectivity index (χ3n) is 7.46. The molecule has 10 nitrogen and oxygen atoms in total. The molecule has 3 aromatic rings. The summed E-state index contributed by atoms with van der Waals surface area (Å²) in [4.78, 5) is 26.0. The molecule has 5 rings (SSSR count). The summed E-state index contributed by atoms with van der Waals surface area (Å²) in [7, 11) is 0. The quantitative estimate of drug-likeness (QED) is 0.249. The van der Waals surface area contributed by atoms with Gasteiger partial charge in [-0.15, -0.1) is 0 Å². The van der Waals surface area contributed by atoms with Crippen molar-refractivity contribution in [1.29, 1.82) is 5.26 Å². The first kappa shape index (κ1) is 28.9. The van der Waals surface area contributed by atoms with E-state index in [1.54, 1.807) is 0 Å². The third-order valence-corrected chi connectivity index (χ3v) is 7.46. The Morgan fingerprint density at radius 3 is 2.55 bits per heavy atom. The van der Waals surface area contributed by atoms with Crippen molar-refractivity contribution in [3.63, 3.8) is 0 Å². The predicted molar refractivity (Wildman–Crippen MR) is 167 cm³/mol. The van der Waals surface area contributed by atoms with Crippen LogP contribution in [0.4, 0.5) is 34.5 Å². The van der Waals surface area contributed by atoms with E-state index in [1.165, 1.54) is 30.7 Å². The van der Waals surface area contributed by atoms with Crippen LogP contribution in [0.15, 0.2) is 55.3 Å². The smallest absolute Gasteiger partial charge is 0.247 e. The van der Waals surface area contributed by atoms with Crippen LogP contribution in [0, 0.1) is 11.3 Å². The molecule has 10 heteroatoms. The van der Waals surface area contributed by atoms with Gasteiger partial charge in [0.1, 0.15) is 17.4 Å². The van der Waals surface area contributed by atoms with Crippen molar-refractivity contribution in [2.75, 3.05) is 53.6 Å². The number of ether oxygens (including phenoxy) is 1. The van der Waals surface area contributed by atoms with Crippen LogP contribution in [-0.4, -0.2) is 59.6 Å². The van der Waals surface area contributed by atoms with Gasteiger partial charge in [0, 0.05) is 31.9 Å². The van der Waals surface area contributed by atoms with E-state index in [9.17, 15) is 10.1 Å². The van der Waals surface area contributed by atoms with E-state index in [4.69, 9.17) is 4.74 Å². The zero-order valence-electron chi connectivity index (χ0n) is 24.5. The minimum absolute atomic E-state index is 0.0132. The Morgan fingerprint density at radius 2 is 1.88 bits per heavy atom. The van der Waals surface area contributed by atoms with Gasteiger partial charge in [-0.2, -0.15) is 10.2 Å². The van der Waals surface area contributed by atoms with E-state index in [0.717, 1.165) is 49.8 Å². The second kappa shape index (κ2) is 12.9. The zero-order valence-corrected chi connectivity index (χ0v) is 24.5. The number of aromatic nitrogens is 2. The fourth-order valence-electron chi connectivity index (χ4n) is 4.98. The molecule has 1 saturated carbocycles. The van der Waals surface area contributed by atoms with Crippen LogP contribution in [0.3, 0.4) is 0 Å². The first-order chi connectivity index (χ1) is 20.4. The predicted octanol–water partition coefficient (Wildman–Crippen LogP) is 5.77. The van der Waals surface area contributed by atoms with Crippen molar-refractivity contribution in [2.24, 2.45) is 0 Å². The second-order valence-corrected chi connectivity index (χ2v) is 10.9.